The summed E-state index contributed by atoms with van der Waals surface area (Å²) in [4.78, 5) is 16.5. The normalized spacial score (nSPS) is 11.0. The number of benzene rings is 2. The van der Waals surface area contributed by atoms with Crippen molar-refractivity contribution in [3.05, 3.63) is 71.3 Å². The summed E-state index contributed by atoms with van der Waals surface area (Å²) < 4.78 is 1.56. The Morgan fingerprint density at radius 2 is 1.83 bits per heavy atom. The van der Waals surface area contributed by atoms with Gasteiger partial charge in [-0.3, -0.25) is 9.67 Å². The van der Waals surface area contributed by atoms with Crippen molar-refractivity contribution in [3.8, 4) is 22.5 Å². The molecule has 4 rings (SSSR count). The fourth-order valence-electron chi connectivity index (χ4n) is 2.68. The standard InChI is InChI=1S/C18H14N4O/c1-22-17(12-5-3-2-4-6-12)10-16(20-18(22)23)13-7-8-15-14(9-13)11-19-21-15/h2-11H,1H3,(H,19,21). The van der Waals surface area contributed by atoms with Crippen LogP contribution in [0.2, 0.25) is 0 Å². The first-order valence-electron chi connectivity index (χ1n) is 7.29. The molecule has 4 aromatic rings. The van der Waals surface area contributed by atoms with Crippen molar-refractivity contribution in [2.75, 3.05) is 0 Å². The highest BCUT2D eigenvalue weighted by Gasteiger charge is 2.09. The van der Waals surface area contributed by atoms with Gasteiger partial charge < -0.3 is 0 Å². The Morgan fingerprint density at radius 3 is 2.65 bits per heavy atom. The van der Waals surface area contributed by atoms with Crippen LogP contribution in [0.1, 0.15) is 0 Å². The van der Waals surface area contributed by atoms with Gasteiger partial charge in [-0.1, -0.05) is 36.4 Å². The SMILES string of the molecule is Cn1c(-c2ccccc2)cc(-c2ccc3[nH]ncc3c2)nc1=O. The van der Waals surface area contributed by atoms with Crippen LogP contribution >= 0.6 is 0 Å². The van der Waals surface area contributed by atoms with Crippen LogP contribution in [0.15, 0.2) is 65.6 Å². The molecule has 112 valence electrons. The molecule has 0 aliphatic rings. The predicted octanol–water partition coefficient (Wildman–Crippen LogP) is 2.99. The molecule has 0 fully saturated rings. The van der Waals surface area contributed by atoms with Gasteiger partial charge in [-0.25, -0.2) is 4.79 Å². The summed E-state index contributed by atoms with van der Waals surface area (Å²) in [5.41, 5.74) is 4.08. The zero-order chi connectivity index (χ0) is 15.8. The second-order valence-corrected chi connectivity index (χ2v) is 5.41. The second kappa shape index (κ2) is 5.21. The van der Waals surface area contributed by atoms with E-state index in [0.29, 0.717) is 5.69 Å². The lowest BCUT2D eigenvalue weighted by Crippen LogP contribution is -2.21. The van der Waals surface area contributed by atoms with Crippen LogP contribution in [0, 0.1) is 0 Å². The topological polar surface area (TPSA) is 63.6 Å². The molecule has 0 amide bonds. The van der Waals surface area contributed by atoms with Crippen molar-refractivity contribution in [3.63, 3.8) is 0 Å². The first kappa shape index (κ1) is 13.5. The molecular formula is C18H14N4O. The number of hydrogen-bond donors (Lipinski definition) is 1. The molecular weight excluding hydrogens is 288 g/mol. The Morgan fingerprint density at radius 1 is 1.00 bits per heavy atom. The zero-order valence-corrected chi connectivity index (χ0v) is 12.5. The van der Waals surface area contributed by atoms with Crippen molar-refractivity contribution >= 4 is 10.9 Å². The molecule has 2 aromatic carbocycles. The third-order valence-corrected chi connectivity index (χ3v) is 3.94. The molecule has 0 spiro atoms. The third kappa shape index (κ3) is 2.32. The van der Waals surface area contributed by atoms with E-state index in [1.807, 2.05) is 54.6 Å². The molecule has 0 radical (unpaired) electrons. The summed E-state index contributed by atoms with van der Waals surface area (Å²) in [7, 11) is 1.74. The summed E-state index contributed by atoms with van der Waals surface area (Å²) in [6.45, 7) is 0. The van der Waals surface area contributed by atoms with Gasteiger partial charge in [0.05, 0.1) is 23.1 Å². The van der Waals surface area contributed by atoms with Gasteiger partial charge in [-0.15, -0.1) is 0 Å². The fourth-order valence-corrected chi connectivity index (χ4v) is 2.68. The van der Waals surface area contributed by atoms with Crippen LogP contribution in [0.5, 0.6) is 0 Å². The highest BCUT2D eigenvalue weighted by molar-refractivity contribution is 5.83. The molecule has 5 heteroatoms. The molecule has 0 unspecified atom stereocenters. The monoisotopic (exact) mass is 302 g/mol. The van der Waals surface area contributed by atoms with E-state index >= 15 is 0 Å². The average molecular weight is 302 g/mol. The Labute approximate surface area is 132 Å². The highest BCUT2D eigenvalue weighted by atomic mass is 16.1. The Balaban J connectivity index is 1.92. The summed E-state index contributed by atoms with van der Waals surface area (Å²) in [5.74, 6) is 0. The van der Waals surface area contributed by atoms with Gasteiger partial charge in [-0.05, 0) is 23.8 Å². The van der Waals surface area contributed by atoms with E-state index in [2.05, 4.69) is 15.2 Å². The van der Waals surface area contributed by atoms with Crippen molar-refractivity contribution in [1.29, 1.82) is 0 Å². The molecule has 0 bridgehead atoms. The van der Waals surface area contributed by atoms with Gasteiger partial charge in [0, 0.05) is 18.0 Å². The molecule has 23 heavy (non-hydrogen) atoms. The number of hydrogen-bond acceptors (Lipinski definition) is 3. The smallest absolute Gasteiger partial charge is 0.295 e. The van der Waals surface area contributed by atoms with E-state index in [1.165, 1.54) is 0 Å². The summed E-state index contributed by atoms with van der Waals surface area (Å²) in [6.07, 6.45) is 1.76. The lowest BCUT2D eigenvalue weighted by atomic mass is 10.1. The van der Waals surface area contributed by atoms with Gasteiger partial charge in [-0.2, -0.15) is 10.1 Å². The van der Waals surface area contributed by atoms with Gasteiger partial charge in [0.25, 0.3) is 0 Å². The van der Waals surface area contributed by atoms with E-state index in [4.69, 9.17) is 0 Å². The number of aromatic amines is 1. The summed E-state index contributed by atoms with van der Waals surface area (Å²) >= 11 is 0. The molecule has 5 nitrogen and oxygen atoms in total. The molecule has 0 saturated carbocycles. The minimum absolute atomic E-state index is 0.270. The number of nitrogens with one attached hydrogen (secondary N) is 1. The minimum atomic E-state index is -0.270. The van der Waals surface area contributed by atoms with Crippen molar-refractivity contribution in [2.45, 2.75) is 0 Å². The quantitative estimate of drug-likeness (QED) is 0.619. The lowest BCUT2D eigenvalue weighted by molar-refractivity contribution is 0.822. The van der Waals surface area contributed by atoms with Crippen molar-refractivity contribution < 1.29 is 0 Å². The maximum atomic E-state index is 12.3. The summed E-state index contributed by atoms with van der Waals surface area (Å²) in [6, 6.07) is 17.6. The van der Waals surface area contributed by atoms with Gasteiger partial charge in [0.2, 0.25) is 0 Å². The van der Waals surface area contributed by atoms with Crippen LogP contribution in [0.25, 0.3) is 33.4 Å². The molecule has 0 aliphatic carbocycles. The zero-order valence-electron chi connectivity index (χ0n) is 12.5. The Kier molecular flexibility index (Phi) is 3.05. The van der Waals surface area contributed by atoms with Crippen LogP contribution in [-0.2, 0) is 7.05 Å². The Hall–Kier alpha value is -3.21. The van der Waals surface area contributed by atoms with Gasteiger partial charge in [0.1, 0.15) is 0 Å². The average Bonchev–Trinajstić information content (AvgIpc) is 3.05. The number of fused-ring (bicyclic) bond motifs is 1. The molecule has 2 heterocycles. The molecule has 1 N–H and O–H groups in total. The summed E-state index contributed by atoms with van der Waals surface area (Å²) in [5, 5.41) is 7.93. The molecule has 0 saturated heterocycles. The number of aromatic nitrogens is 4. The van der Waals surface area contributed by atoms with E-state index in [9.17, 15) is 4.79 Å². The maximum Gasteiger partial charge on any atom is 0.348 e. The van der Waals surface area contributed by atoms with Crippen LogP contribution < -0.4 is 5.69 Å². The lowest BCUT2D eigenvalue weighted by Gasteiger charge is -2.10. The van der Waals surface area contributed by atoms with Crippen LogP contribution in [-0.4, -0.2) is 19.7 Å². The highest BCUT2D eigenvalue weighted by Crippen LogP contribution is 2.25. The first-order valence-corrected chi connectivity index (χ1v) is 7.29. The van der Waals surface area contributed by atoms with Gasteiger partial charge in [0.15, 0.2) is 0 Å². The van der Waals surface area contributed by atoms with Crippen LogP contribution in [0.3, 0.4) is 0 Å². The van der Waals surface area contributed by atoms with E-state index < -0.39 is 0 Å². The Bertz CT molecular complexity index is 1050. The first-order chi connectivity index (χ1) is 11.2. The minimum Gasteiger partial charge on any atom is -0.295 e. The van der Waals surface area contributed by atoms with Crippen molar-refractivity contribution in [2.24, 2.45) is 7.05 Å². The van der Waals surface area contributed by atoms with Crippen LogP contribution in [0.4, 0.5) is 0 Å². The number of nitrogens with zero attached hydrogens (tertiary/aromatic N) is 3. The molecule has 0 atom stereocenters. The number of rotatable bonds is 2. The number of H-pyrrole nitrogens is 1. The molecule has 0 aliphatic heterocycles. The fraction of sp³-hybridized carbons (Fsp3) is 0.0556. The van der Waals surface area contributed by atoms with Gasteiger partial charge >= 0.3 is 5.69 Å². The largest absolute Gasteiger partial charge is 0.348 e. The van der Waals surface area contributed by atoms with E-state index in [0.717, 1.165) is 27.7 Å². The third-order valence-electron chi connectivity index (χ3n) is 3.94. The second-order valence-electron chi connectivity index (χ2n) is 5.41. The van der Waals surface area contributed by atoms with E-state index in [1.54, 1.807) is 17.8 Å². The van der Waals surface area contributed by atoms with E-state index in [-0.39, 0.29) is 5.69 Å². The van der Waals surface area contributed by atoms with Crippen molar-refractivity contribution in [1.82, 2.24) is 19.7 Å². The maximum absolute atomic E-state index is 12.3. The predicted molar refractivity (Wildman–Crippen MR) is 90.0 cm³/mol. The molecule has 2 aromatic heterocycles.